The lowest BCUT2D eigenvalue weighted by atomic mass is 10.1. The van der Waals surface area contributed by atoms with E-state index in [2.05, 4.69) is 10.2 Å². The number of hydrogen-bond donors (Lipinski definition) is 1. The third kappa shape index (κ3) is 3.82. The summed E-state index contributed by atoms with van der Waals surface area (Å²) in [4.78, 5) is 22.3. The summed E-state index contributed by atoms with van der Waals surface area (Å²) >= 11 is 0. The number of aromatic nitrogens is 2. The van der Waals surface area contributed by atoms with Gasteiger partial charge in [-0.05, 0) is 13.0 Å². The van der Waals surface area contributed by atoms with E-state index in [4.69, 9.17) is 0 Å². The predicted octanol–water partition coefficient (Wildman–Crippen LogP) is 2.42. The number of hydrogen-bond acceptors (Lipinski definition) is 5. The van der Waals surface area contributed by atoms with Gasteiger partial charge in [-0.15, -0.1) is 0 Å². The molecule has 1 heterocycles. The fourth-order valence-corrected chi connectivity index (χ4v) is 2.20. The molecule has 1 N–H and O–H groups in total. The first kappa shape index (κ1) is 18.1. The van der Waals surface area contributed by atoms with Crippen LogP contribution in [0.1, 0.15) is 27.3 Å². The van der Waals surface area contributed by atoms with Gasteiger partial charge in [-0.1, -0.05) is 18.2 Å². The van der Waals surface area contributed by atoms with Crippen LogP contribution in [0.5, 0.6) is 0 Å². The Morgan fingerprint density at radius 1 is 1.40 bits per heavy atom. The molecule has 1 aromatic heterocycles. The summed E-state index contributed by atoms with van der Waals surface area (Å²) in [5, 5.41) is 18.3. The largest absolute Gasteiger partial charge is 0.417 e. The van der Waals surface area contributed by atoms with Gasteiger partial charge < -0.3 is 0 Å². The molecule has 0 aliphatic heterocycles. The molecule has 0 bridgehead atoms. The van der Waals surface area contributed by atoms with E-state index in [1.807, 2.05) is 5.43 Å². The molecule has 11 heteroatoms. The third-order valence-corrected chi connectivity index (χ3v) is 3.22. The molecule has 1 amide bonds. The molecule has 8 nitrogen and oxygen atoms in total. The molecule has 0 fully saturated rings. The van der Waals surface area contributed by atoms with Gasteiger partial charge in [0, 0.05) is 12.6 Å². The Morgan fingerprint density at radius 2 is 2.04 bits per heavy atom. The Hall–Kier alpha value is -3.24. The number of benzene rings is 1. The van der Waals surface area contributed by atoms with Crippen LogP contribution in [0.15, 0.2) is 29.4 Å². The van der Waals surface area contributed by atoms with Crippen molar-refractivity contribution in [2.45, 2.75) is 13.1 Å². The van der Waals surface area contributed by atoms with Crippen LogP contribution in [0.2, 0.25) is 0 Å². The first-order valence-electron chi connectivity index (χ1n) is 6.80. The maximum atomic E-state index is 12.9. The Bertz CT molecular complexity index is 858. The lowest BCUT2D eigenvalue weighted by molar-refractivity contribution is -0.385. The number of nitro groups is 1. The number of rotatable bonds is 4. The summed E-state index contributed by atoms with van der Waals surface area (Å²) in [6.07, 6.45) is -3.76. The zero-order chi connectivity index (χ0) is 18.8. The Labute approximate surface area is 139 Å². The van der Waals surface area contributed by atoms with Crippen LogP contribution in [-0.2, 0) is 13.2 Å². The molecular formula is C14H12F3N5O3. The van der Waals surface area contributed by atoms with Crippen molar-refractivity contribution in [3.63, 3.8) is 0 Å². The van der Waals surface area contributed by atoms with Gasteiger partial charge in [-0.25, -0.2) is 5.43 Å². The smallest absolute Gasteiger partial charge is 0.265 e. The molecule has 0 saturated heterocycles. The minimum absolute atomic E-state index is 0.0315. The molecule has 0 saturated carbocycles. The highest BCUT2D eigenvalue weighted by Gasteiger charge is 2.32. The normalized spacial score (nSPS) is 11.7. The number of nitrogens with one attached hydrogen (secondary N) is 1. The average molecular weight is 355 g/mol. The van der Waals surface area contributed by atoms with Gasteiger partial charge in [0.05, 0.1) is 16.7 Å². The topological polar surface area (TPSA) is 102 Å². The van der Waals surface area contributed by atoms with Crippen LogP contribution in [0, 0.1) is 17.0 Å². The molecule has 2 rings (SSSR count). The van der Waals surface area contributed by atoms with Gasteiger partial charge in [0.1, 0.15) is 5.69 Å². The first-order chi connectivity index (χ1) is 11.6. The monoisotopic (exact) mass is 355 g/mol. The number of aryl methyl sites for hydroxylation is 2. The number of alkyl halides is 3. The minimum atomic E-state index is -4.58. The maximum absolute atomic E-state index is 12.9. The second-order valence-corrected chi connectivity index (χ2v) is 4.95. The van der Waals surface area contributed by atoms with Gasteiger partial charge >= 0.3 is 11.9 Å². The molecule has 0 spiro atoms. The highest BCUT2D eigenvalue weighted by Crippen LogP contribution is 2.31. The summed E-state index contributed by atoms with van der Waals surface area (Å²) in [6.45, 7) is 1.36. The molecule has 0 aliphatic carbocycles. The van der Waals surface area contributed by atoms with Crippen molar-refractivity contribution in [2.24, 2.45) is 12.1 Å². The number of carbonyl (C=O) groups excluding carboxylic acids is 1. The summed E-state index contributed by atoms with van der Waals surface area (Å²) in [6, 6.07) is 4.65. The standard InChI is InChI=1S/C14H12F3N5O3/c1-8-11(22(24)25)12(21(2)20-8)13(23)19-18-7-9-5-3-4-6-10(9)14(15,16)17/h3-7H,1-2H3,(H,19,23)/b18-7-. The van der Waals surface area contributed by atoms with E-state index in [1.165, 1.54) is 32.2 Å². The maximum Gasteiger partial charge on any atom is 0.417 e. The van der Waals surface area contributed by atoms with E-state index in [-0.39, 0.29) is 17.0 Å². The van der Waals surface area contributed by atoms with Crippen LogP contribution in [0.25, 0.3) is 0 Å². The molecule has 0 atom stereocenters. The highest BCUT2D eigenvalue weighted by atomic mass is 19.4. The van der Waals surface area contributed by atoms with Crippen LogP contribution in [0.3, 0.4) is 0 Å². The Balaban J connectivity index is 2.25. The minimum Gasteiger partial charge on any atom is -0.265 e. The van der Waals surface area contributed by atoms with Crippen LogP contribution in [0.4, 0.5) is 18.9 Å². The molecule has 2 aromatic rings. The van der Waals surface area contributed by atoms with Gasteiger partial charge in [0.25, 0.3) is 5.91 Å². The molecule has 0 radical (unpaired) electrons. The number of nitrogens with zero attached hydrogens (tertiary/aromatic N) is 4. The van der Waals surface area contributed by atoms with Crippen molar-refractivity contribution in [1.82, 2.24) is 15.2 Å². The second-order valence-electron chi connectivity index (χ2n) is 4.95. The fourth-order valence-electron chi connectivity index (χ4n) is 2.20. The lowest BCUT2D eigenvalue weighted by Gasteiger charge is -2.09. The van der Waals surface area contributed by atoms with Crippen molar-refractivity contribution in [3.8, 4) is 0 Å². The van der Waals surface area contributed by atoms with E-state index in [0.717, 1.165) is 17.0 Å². The van der Waals surface area contributed by atoms with E-state index in [1.54, 1.807) is 0 Å². The van der Waals surface area contributed by atoms with Crippen LogP contribution >= 0.6 is 0 Å². The quantitative estimate of drug-likeness (QED) is 0.517. The summed E-state index contributed by atoms with van der Waals surface area (Å²) in [7, 11) is 1.33. The third-order valence-electron chi connectivity index (χ3n) is 3.22. The number of hydrazone groups is 1. The van der Waals surface area contributed by atoms with E-state index >= 15 is 0 Å². The van der Waals surface area contributed by atoms with Crippen molar-refractivity contribution in [2.75, 3.05) is 0 Å². The number of carbonyl (C=O) groups is 1. The van der Waals surface area contributed by atoms with Gasteiger partial charge in [0.15, 0.2) is 0 Å². The van der Waals surface area contributed by atoms with Crippen molar-refractivity contribution in [1.29, 1.82) is 0 Å². The summed E-state index contributed by atoms with van der Waals surface area (Å²) in [5.74, 6) is -0.962. The van der Waals surface area contributed by atoms with E-state index < -0.39 is 28.3 Å². The molecule has 25 heavy (non-hydrogen) atoms. The Kier molecular flexibility index (Phi) is 4.86. The van der Waals surface area contributed by atoms with Crippen LogP contribution in [-0.4, -0.2) is 26.8 Å². The van der Waals surface area contributed by atoms with Crippen LogP contribution < -0.4 is 5.43 Å². The van der Waals surface area contributed by atoms with Crippen molar-refractivity contribution < 1.29 is 22.9 Å². The highest BCUT2D eigenvalue weighted by molar-refractivity contribution is 5.97. The Morgan fingerprint density at radius 3 is 2.64 bits per heavy atom. The zero-order valence-corrected chi connectivity index (χ0v) is 13.0. The molecule has 132 valence electrons. The van der Waals surface area contributed by atoms with Gasteiger partial charge in [0.2, 0.25) is 5.69 Å². The number of amides is 1. The average Bonchev–Trinajstić information content (AvgIpc) is 2.81. The molecule has 0 unspecified atom stereocenters. The summed E-state index contributed by atoms with van der Waals surface area (Å²) in [5.41, 5.74) is -0.0265. The van der Waals surface area contributed by atoms with E-state index in [0.29, 0.717) is 0 Å². The van der Waals surface area contributed by atoms with Crippen molar-refractivity contribution >= 4 is 17.8 Å². The second kappa shape index (κ2) is 6.71. The SMILES string of the molecule is Cc1nn(C)c(C(=O)N/N=C\c2ccccc2C(F)(F)F)c1[N+](=O)[O-]. The van der Waals surface area contributed by atoms with E-state index in [9.17, 15) is 28.1 Å². The predicted molar refractivity (Wildman–Crippen MR) is 81.1 cm³/mol. The van der Waals surface area contributed by atoms with Gasteiger partial charge in [-0.2, -0.15) is 23.4 Å². The molecule has 0 aliphatic rings. The lowest BCUT2D eigenvalue weighted by Crippen LogP contribution is -2.22. The number of halogens is 3. The summed E-state index contributed by atoms with van der Waals surface area (Å²) < 4.78 is 39.6. The first-order valence-corrected chi connectivity index (χ1v) is 6.80. The van der Waals surface area contributed by atoms with Crippen molar-refractivity contribution in [3.05, 3.63) is 56.9 Å². The molecule has 1 aromatic carbocycles. The zero-order valence-electron chi connectivity index (χ0n) is 13.0. The fraction of sp³-hybridized carbons (Fsp3) is 0.214. The van der Waals surface area contributed by atoms with Gasteiger partial charge in [-0.3, -0.25) is 19.6 Å². The molecular weight excluding hydrogens is 343 g/mol.